The maximum atomic E-state index is 0. The van der Waals surface area contributed by atoms with E-state index < -0.39 is 0 Å². The third-order valence-electron chi connectivity index (χ3n) is 0. The van der Waals surface area contributed by atoms with E-state index in [1.54, 1.807) is 0 Å². The Morgan fingerprint density at radius 3 is 0.375 bits per heavy atom. The molecule has 0 aromatic rings. The second-order valence-electron chi connectivity index (χ2n) is 0. The number of halogens is 6. The molecule has 0 aliphatic heterocycles. The van der Waals surface area contributed by atoms with Crippen LogP contribution in [0.3, 0.4) is 0 Å². The molecule has 56 valence electrons. The first-order valence-electron chi connectivity index (χ1n) is 0. The minimum atomic E-state index is 0. The summed E-state index contributed by atoms with van der Waals surface area (Å²) >= 11 is 0. The molecule has 0 aromatic heterocycles. The Hall–Kier alpha value is 3.55. The molecule has 0 rings (SSSR count). The topological polar surface area (TPSA) is 34.5 Å². The van der Waals surface area contributed by atoms with E-state index in [1.165, 1.54) is 0 Å². The molecule has 4 N–H and O–H groups in total. The van der Waals surface area contributed by atoms with E-state index in [-0.39, 0.29) is 129 Å². The molecule has 0 heterocycles. The summed E-state index contributed by atoms with van der Waals surface area (Å²) in [6.07, 6.45) is 0. The van der Waals surface area contributed by atoms with E-state index in [0.29, 0.717) is 0 Å². The number of rotatable bonds is 0. The Kier molecular flexibility index (Phi) is 971. The molecule has 0 saturated carbocycles. The van der Waals surface area contributed by atoms with Gasteiger partial charge in [0.15, 0.2) is 0 Å². The van der Waals surface area contributed by atoms with Crippen molar-refractivity contribution in [2.24, 2.45) is 0 Å². The number of hydrogen-bond donors (Lipinski definition) is 0. The molecule has 0 spiro atoms. The predicted octanol–water partition coefficient (Wildman–Crippen LogP) is -19.2. The molecule has 8 heteroatoms. The molecular weight excluding hydrogens is 543 g/mol. The van der Waals surface area contributed by atoms with Gasteiger partial charge >= 0.3 is 21.7 Å². The average molecular weight is 547 g/mol. The summed E-state index contributed by atoms with van der Waals surface area (Å²) in [5, 5.41) is 0. The Morgan fingerprint density at radius 1 is 0.375 bits per heavy atom. The van der Waals surface area contributed by atoms with E-state index in [0.717, 1.165) is 0 Å². The maximum absolute atomic E-state index is 0. The fraction of sp³-hybridized carbons (Fsp3) is 0. The van der Waals surface area contributed by atoms with Gasteiger partial charge in [-0.15, -0.1) is 0 Å². The van der Waals surface area contributed by atoms with Crippen molar-refractivity contribution in [1.29, 1.82) is 0 Å². The van der Waals surface area contributed by atoms with Gasteiger partial charge in [0, 0.05) is 0 Å². The van der Waals surface area contributed by atoms with Crippen LogP contribution >= 0.6 is 0 Å². The van der Waals surface area contributed by atoms with Crippen molar-refractivity contribution < 1.29 is 129 Å². The largest absolute Gasteiger partial charge is 4.00 e. The van der Waals surface area contributed by atoms with Gasteiger partial charge in [-0.25, -0.2) is 0 Å². The van der Waals surface area contributed by atoms with Gasteiger partial charge in [-0.05, 0) is 0 Å². The van der Waals surface area contributed by atoms with Gasteiger partial charge in [-0.3, -0.25) is 0 Å². The van der Waals surface area contributed by atoms with Gasteiger partial charge in [-0.1, -0.05) is 0 Å². The van der Waals surface area contributed by atoms with Crippen molar-refractivity contribution in [3.05, 3.63) is 0 Å². The van der Waals surface area contributed by atoms with Crippen molar-refractivity contribution >= 4 is 0 Å². The zero-order valence-electron chi connectivity index (χ0n) is 3.47. The summed E-state index contributed by atoms with van der Waals surface area (Å²) < 4.78 is 0. The SMILES string of the molecule is [Br-].[Br-].[Br-].[Br-].[Br-].[Br-].[OH4+2].[Ti+4]. The average Bonchev–Trinajstić information content (AvgIpc) is 0. The third-order valence-corrected chi connectivity index (χ3v) is 0. The first kappa shape index (κ1) is 102. The molecule has 0 saturated heterocycles. The van der Waals surface area contributed by atoms with Crippen LogP contribution in [0.15, 0.2) is 0 Å². The molecule has 8 heavy (non-hydrogen) atoms. The van der Waals surface area contributed by atoms with Crippen molar-refractivity contribution in [2.45, 2.75) is 0 Å². The Labute approximate surface area is 127 Å². The summed E-state index contributed by atoms with van der Waals surface area (Å²) in [6.45, 7) is 0. The normalized spacial score (nSPS) is 0. The van der Waals surface area contributed by atoms with Gasteiger partial charge < -0.3 is 107 Å². The molecule has 0 aromatic carbocycles. The van der Waals surface area contributed by atoms with E-state index in [9.17, 15) is 0 Å². The summed E-state index contributed by atoms with van der Waals surface area (Å²) in [7, 11) is 0. The zero-order valence-corrected chi connectivity index (χ0v) is 14.6. The van der Waals surface area contributed by atoms with Crippen molar-refractivity contribution in [3.63, 3.8) is 0 Å². The van der Waals surface area contributed by atoms with Crippen LogP contribution in [-0.4, -0.2) is 0 Å². The summed E-state index contributed by atoms with van der Waals surface area (Å²) in [5.74, 6) is 0. The van der Waals surface area contributed by atoms with E-state index in [2.05, 4.69) is 0 Å². The molecule has 0 radical (unpaired) electrons. The fourth-order valence-electron chi connectivity index (χ4n) is 0. The fourth-order valence-corrected chi connectivity index (χ4v) is 0. The van der Waals surface area contributed by atoms with Crippen LogP contribution in [0.4, 0.5) is 0 Å². The van der Waals surface area contributed by atoms with Crippen LogP contribution in [0.5, 0.6) is 0 Å². The van der Waals surface area contributed by atoms with E-state index in [4.69, 9.17) is 0 Å². The minimum Gasteiger partial charge on any atom is -1.00 e. The van der Waals surface area contributed by atoms with Crippen LogP contribution in [0.1, 0.15) is 0 Å². The second-order valence-corrected chi connectivity index (χ2v) is 0. The zero-order chi connectivity index (χ0) is 0. The minimum absolute atomic E-state index is 0. The van der Waals surface area contributed by atoms with Crippen LogP contribution < -0.4 is 102 Å². The molecule has 0 bridgehead atoms. The summed E-state index contributed by atoms with van der Waals surface area (Å²) in [5.41, 5.74) is 0. The van der Waals surface area contributed by atoms with Gasteiger partial charge in [0.25, 0.3) is 0 Å². The van der Waals surface area contributed by atoms with E-state index in [1.807, 2.05) is 0 Å². The van der Waals surface area contributed by atoms with Gasteiger partial charge in [-0.2, -0.15) is 0 Å². The standard InChI is InChI=1S/6BrH.H4O.Ti/h6*1H;1H4;/q;;;;;;+2;+4/p-6. The number of hydrogen-bond acceptors (Lipinski definition) is 0. The Bertz CT molecular complexity index is 8.49. The molecule has 0 aliphatic rings. The molecule has 1 nitrogen and oxygen atoms in total. The maximum Gasteiger partial charge on any atom is 4.00 e. The van der Waals surface area contributed by atoms with Crippen LogP contribution in [0, 0.1) is 0 Å². The molecule has 0 atom stereocenters. The monoisotopic (exact) mass is 541 g/mol. The first-order chi connectivity index (χ1) is 0. The van der Waals surface area contributed by atoms with Crippen LogP contribution in [0.25, 0.3) is 0 Å². The van der Waals surface area contributed by atoms with Gasteiger partial charge in [0.05, 0.1) is 0 Å². The third kappa shape index (κ3) is 55.3. The van der Waals surface area contributed by atoms with Crippen molar-refractivity contribution in [1.82, 2.24) is 0 Å². The molecule has 0 unspecified atom stereocenters. The van der Waals surface area contributed by atoms with E-state index >= 15 is 0 Å². The molecular formula is H4Br6OTi. The second kappa shape index (κ2) is 76.3. The van der Waals surface area contributed by atoms with Crippen molar-refractivity contribution in [2.75, 3.05) is 0 Å². The first-order valence-corrected chi connectivity index (χ1v) is 0. The molecule has 0 amide bonds. The Balaban J connectivity index is 0. The smallest absolute Gasteiger partial charge is 1.00 e. The quantitative estimate of drug-likeness (QED) is 0.271. The van der Waals surface area contributed by atoms with Crippen LogP contribution in [-0.2, 0) is 27.2 Å². The Morgan fingerprint density at radius 2 is 0.375 bits per heavy atom. The molecule has 0 aliphatic carbocycles. The summed E-state index contributed by atoms with van der Waals surface area (Å²) in [6, 6.07) is 0. The summed E-state index contributed by atoms with van der Waals surface area (Å²) in [4.78, 5) is 0. The predicted molar refractivity (Wildman–Crippen MR) is 6.27 cm³/mol. The van der Waals surface area contributed by atoms with Crippen molar-refractivity contribution in [3.8, 4) is 0 Å². The van der Waals surface area contributed by atoms with Gasteiger partial charge in [0.1, 0.15) is 0 Å². The van der Waals surface area contributed by atoms with Crippen LogP contribution in [0.2, 0.25) is 0 Å². The molecule has 0 fully saturated rings. The van der Waals surface area contributed by atoms with Gasteiger partial charge in [0.2, 0.25) is 0 Å².